The van der Waals surface area contributed by atoms with Crippen LogP contribution in [0.1, 0.15) is 43.0 Å². The second-order valence-electron chi connectivity index (χ2n) is 7.63. The van der Waals surface area contributed by atoms with Gasteiger partial charge in [0.15, 0.2) is 0 Å². The number of benzene rings is 1. The highest BCUT2D eigenvalue weighted by Crippen LogP contribution is 2.27. The Morgan fingerprint density at radius 1 is 1.24 bits per heavy atom. The van der Waals surface area contributed by atoms with Crippen molar-refractivity contribution in [2.45, 2.75) is 32.6 Å². The van der Waals surface area contributed by atoms with E-state index in [1.807, 2.05) is 4.90 Å². The number of aromatic hydroxyl groups is 1. The molecule has 2 aliphatic rings. The number of rotatable bonds is 4. The molecular weight excluding hydrogens is 316 g/mol. The van der Waals surface area contributed by atoms with Gasteiger partial charge in [0.05, 0.1) is 12.7 Å². The number of phenolic OH excluding ortho intramolecular Hbond substituents is 1. The van der Waals surface area contributed by atoms with Crippen LogP contribution in [-0.2, 0) is 0 Å². The predicted octanol–water partition coefficient (Wildman–Crippen LogP) is 2.98. The second-order valence-corrected chi connectivity index (χ2v) is 7.63. The summed E-state index contributed by atoms with van der Waals surface area (Å²) < 4.78 is 5.09. The van der Waals surface area contributed by atoms with Crippen LogP contribution in [0.15, 0.2) is 18.2 Å². The first-order valence-corrected chi connectivity index (χ1v) is 9.45. The highest BCUT2D eigenvalue weighted by Gasteiger charge is 2.28. The number of piperidine rings is 2. The number of hydrogen-bond acceptors (Lipinski definition) is 4. The van der Waals surface area contributed by atoms with Crippen molar-refractivity contribution in [2.24, 2.45) is 11.8 Å². The summed E-state index contributed by atoms with van der Waals surface area (Å²) in [5, 5.41) is 10.1. The fraction of sp³-hybridized carbons (Fsp3) is 0.650. The molecular formula is C20H30N2O3. The third-order valence-corrected chi connectivity index (χ3v) is 5.63. The average molecular weight is 346 g/mol. The van der Waals surface area contributed by atoms with Crippen molar-refractivity contribution in [3.8, 4) is 11.5 Å². The number of likely N-dealkylation sites (tertiary alicyclic amines) is 2. The molecule has 0 aliphatic carbocycles. The van der Waals surface area contributed by atoms with Crippen molar-refractivity contribution < 1.29 is 14.6 Å². The Morgan fingerprint density at radius 2 is 2.00 bits per heavy atom. The van der Waals surface area contributed by atoms with Gasteiger partial charge in [-0.05, 0) is 62.7 Å². The number of carbonyl (C=O) groups is 1. The van der Waals surface area contributed by atoms with Crippen LogP contribution in [0.5, 0.6) is 11.5 Å². The number of carbonyl (C=O) groups excluding carboxylic acids is 1. The van der Waals surface area contributed by atoms with Gasteiger partial charge in [0, 0.05) is 25.7 Å². The fourth-order valence-electron chi connectivity index (χ4n) is 4.00. The van der Waals surface area contributed by atoms with Crippen LogP contribution in [0.25, 0.3) is 0 Å². The molecule has 1 aromatic rings. The molecule has 0 radical (unpaired) electrons. The minimum atomic E-state index is -0.0721. The molecule has 3 rings (SSSR count). The molecule has 2 aliphatic heterocycles. The van der Waals surface area contributed by atoms with Gasteiger partial charge < -0.3 is 19.6 Å². The van der Waals surface area contributed by atoms with Crippen LogP contribution < -0.4 is 4.74 Å². The van der Waals surface area contributed by atoms with E-state index < -0.39 is 0 Å². The van der Waals surface area contributed by atoms with Crippen LogP contribution in [0.2, 0.25) is 0 Å². The van der Waals surface area contributed by atoms with E-state index in [0.717, 1.165) is 32.0 Å². The van der Waals surface area contributed by atoms with E-state index in [1.54, 1.807) is 19.2 Å². The second kappa shape index (κ2) is 8.09. The van der Waals surface area contributed by atoms with Gasteiger partial charge in [-0.1, -0.05) is 6.92 Å². The zero-order valence-electron chi connectivity index (χ0n) is 15.4. The Kier molecular flexibility index (Phi) is 5.84. The van der Waals surface area contributed by atoms with Crippen molar-refractivity contribution in [3.63, 3.8) is 0 Å². The molecule has 1 amide bonds. The van der Waals surface area contributed by atoms with Crippen LogP contribution >= 0.6 is 0 Å². The number of ether oxygens (including phenoxy) is 1. The molecule has 138 valence electrons. The molecule has 0 aromatic heterocycles. The summed E-state index contributed by atoms with van der Waals surface area (Å²) in [5.41, 5.74) is 0.369. The Hall–Kier alpha value is -1.75. The first kappa shape index (κ1) is 18.1. The molecule has 2 heterocycles. The Bertz CT molecular complexity index is 597. The van der Waals surface area contributed by atoms with Gasteiger partial charge in [-0.3, -0.25) is 4.79 Å². The van der Waals surface area contributed by atoms with Crippen LogP contribution in [0.3, 0.4) is 0 Å². The van der Waals surface area contributed by atoms with Gasteiger partial charge in [0.25, 0.3) is 5.91 Å². The number of amides is 1. The summed E-state index contributed by atoms with van der Waals surface area (Å²) in [5.74, 6) is 1.86. The molecule has 1 N–H and O–H groups in total. The van der Waals surface area contributed by atoms with Crippen molar-refractivity contribution in [3.05, 3.63) is 23.8 Å². The van der Waals surface area contributed by atoms with E-state index in [9.17, 15) is 9.90 Å². The van der Waals surface area contributed by atoms with Gasteiger partial charge in [0.1, 0.15) is 11.5 Å². The van der Waals surface area contributed by atoms with E-state index in [0.29, 0.717) is 17.2 Å². The molecule has 5 heteroatoms. The lowest BCUT2D eigenvalue weighted by atomic mass is 9.94. The minimum Gasteiger partial charge on any atom is -0.507 e. The van der Waals surface area contributed by atoms with Crippen LogP contribution in [0, 0.1) is 11.8 Å². The summed E-state index contributed by atoms with van der Waals surface area (Å²) in [7, 11) is 1.55. The van der Waals surface area contributed by atoms with Crippen LogP contribution in [0.4, 0.5) is 0 Å². The highest BCUT2D eigenvalue weighted by atomic mass is 16.5. The predicted molar refractivity (Wildman–Crippen MR) is 98.1 cm³/mol. The van der Waals surface area contributed by atoms with Crippen molar-refractivity contribution in [2.75, 3.05) is 39.8 Å². The lowest BCUT2D eigenvalue weighted by Gasteiger charge is -2.38. The summed E-state index contributed by atoms with van der Waals surface area (Å²) >= 11 is 0. The minimum absolute atomic E-state index is 0.00325. The third-order valence-electron chi connectivity index (χ3n) is 5.63. The number of phenols is 1. The van der Waals surface area contributed by atoms with Gasteiger partial charge in [-0.15, -0.1) is 0 Å². The van der Waals surface area contributed by atoms with E-state index >= 15 is 0 Å². The first-order chi connectivity index (χ1) is 12.1. The van der Waals surface area contributed by atoms with Crippen LogP contribution in [-0.4, -0.2) is 60.6 Å². The van der Waals surface area contributed by atoms with Crippen molar-refractivity contribution >= 4 is 5.91 Å². The molecule has 2 saturated heterocycles. The molecule has 5 nitrogen and oxygen atoms in total. The molecule has 25 heavy (non-hydrogen) atoms. The smallest absolute Gasteiger partial charge is 0.257 e. The number of hydrogen-bond donors (Lipinski definition) is 1. The lowest BCUT2D eigenvalue weighted by Crippen LogP contribution is -2.45. The quantitative estimate of drug-likeness (QED) is 0.911. The maximum Gasteiger partial charge on any atom is 0.257 e. The van der Waals surface area contributed by atoms with Gasteiger partial charge in [0.2, 0.25) is 0 Å². The normalized spacial score (nSPS) is 22.8. The standard InChI is InChI=1S/C20H30N2O3/c1-15-7-10-21(11-8-15)13-16-4-3-9-22(14-16)20(24)18-6-5-17(25-2)12-19(18)23/h5-6,12,15-16,23H,3-4,7-11,13-14H2,1-2H3/t16-/m0/s1. The van der Waals surface area contributed by atoms with Gasteiger partial charge in [-0.25, -0.2) is 0 Å². The van der Waals surface area contributed by atoms with E-state index in [1.165, 1.54) is 38.4 Å². The zero-order valence-corrected chi connectivity index (χ0v) is 15.4. The zero-order chi connectivity index (χ0) is 17.8. The Balaban J connectivity index is 1.60. The average Bonchev–Trinajstić information content (AvgIpc) is 2.63. The largest absolute Gasteiger partial charge is 0.507 e. The number of nitrogens with zero attached hydrogens (tertiary/aromatic N) is 2. The molecule has 2 fully saturated rings. The van der Waals surface area contributed by atoms with E-state index in [4.69, 9.17) is 4.74 Å². The number of methoxy groups -OCH3 is 1. The maximum absolute atomic E-state index is 12.8. The topological polar surface area (TPSA) is 53.0 Å². The molecule has 0 spiro atoms. The summed E-state index contributed by atoms with van der Waals surface area (Å²) in [6.45, 7) is 7.36. The Morgan fingerprint density at radius 3 is 2.68 bits per heavy atom. The molecule has 0 bridgehead atoms. The van der Waals surface area contributed by atoms with Crippen molar-refractivity contribution in [1.29, 1.82) is 0 Å². The Labute approximate surface area is 150 Å². The molecule has 0 unspecified atom stereocenters. The molecule has 0 saturated carbocycles. The van der Waals surface area contributed by atoms with Crippen molar-refractivity contribution in [1.82, 2.24) is 9.80 Å². The summed E-state index contributed by atoms with van der Waals surface area (Å²) in [6, 6.07) is 4.89. The fourth-order valence-corrected chi connectivity index (χ4v) is 4.00. The van der Waals surface area contributed by atoms with E-state index in [-0.39, 0.29) is 11.7 Å². The molecule has 1 atom stereocenters. The maximum atomic E-state index is 12.8. The summed E-state index contributed by atoms with van der Waals surface area (Å²) in [6.07, 6.45) is 4.80. The van der Waals surface area contributed by atoms with E-state index in [2.05, 4.69) is 11.8 Å². The summed E-state index contributed by atoms with van der Waals surface area (Å²) in [4.78, 5) is 17.3. The first-order valence-electron chi connectivity index (χ1n) is 9.45. The van der Waals surface area contributed by atoms with Gasteiger partial charge in [-0.2, -0.15) is 0 Å². The SMILES string of the molecule is COc1ccc(C(=O)N2CCC[C@@H](CN3CCC(C)CC3)C2)c(O)c1. The third kappa shape index (κ3) is 4.46. The lowest BCUT2D eigenvalue weighted by molar-refractivity contribution is 0.0619. The molecule has 1 aromatic carbocycles. The monoisotopic (exact) mass is 346 g/mol. The van der Waals surface area contributed by atoms with Gasteiger partial charge >= 0.3 is 0 Å². The highest BCUT2D eigenvalue weighted by molar-refractivity contribution is 5.97.